The van der Waals surface area contributed by atoms with Gasteiger partial charge in [-0.3, -0.25) is 10.1 Å². The van der Waals surface area contributed by atoms with Crippen molar-refractivity contribution in [2.24, 2.45) is 0 Å². The topological polar surface area (TPSA) is 99.0 Å². The zero-order valence-corrected chi connectivity index (χ0v) is 8.43. The average molecular weight is 217 g/mol. The minimum atomic E-state index is -1.33. The summed E-state index contributed by atoms with van der Waals surface area (Å²) in [6, 6.07) is -0.686. The first-order chi connectivity index (χ1) is 7.11. The standard InChI is InChI=1S/C8H16BNO5/c11-8(12)7-6(15-5-4-10-7)2-1-3-9(13)14/h6-7,10,13-14H,1-5H2,(H,11,12)/t6-,7-/m0/s1. The maximum Gasteiger partial charge on any atom is 0.451 e. The molecule has 0 bridgehead atoms. The molecule has 1 heterocycles. The first-order valence-electron chi connectivity index (χ1n) is 5.05. The minimum absolute atomic E-state index is 0.242. The maximum absolute atomic E-state index is 10.8. The zero-order valence-electron chi connectivity index (χ0n) is 8.43. The summed E-state index contributed by atoms with van der Waals surface area (Å²) in [7, 11) is -1.33. The lowest BCUT2D eigenvalue weighted by Crippen LogP contribution is -2.52. The molecule has 1 aliphatic heterocycles. The molecule has 7 heteroatoms. The van der Waals surface area contributed by atoms with E-state index in [9.17, 15) is 4.79 Å². The molecule has 0 aromatic heterocycles. The van der Waals surface area contributed by atoms with Crippen LogP contribution in [0.15, 0.2) is 0 Å². The van der Waals surface area contributed by atoms with E-state index in [-0.39, 0.29) is 12.4 Å². The summed E-state index contributed by atoms with van der Waals surface area (Å²) in [6.07, 6.45) is 0.914. The summed E-state index contributed by atoms with van der Waals surface area (Å²) in [4.78, 5) is 10.8. The van der Waals surface area contributed by atoms with E-state index in [1.807, 2.05) is 0 Å². The van der Waals surface area contributed by atoms with Crippen LogP contribution in [-0.4, -0.2) is 53.5 Å². The predicted octanol–water partition coefficient (Wildman–Crippen LogP) is -1.32. The zero-order chi connectivity index (χ0) is 11.3. The fraction of sp³-hybridized carbons (Fsp3) is 0.875. The molecule has 0 saturated carbocycles. The highest BCUT2D eigenvalue weighted by atomic mass is 16.5. The molecule has 86 valence electrons. The lowest BCUT2D eigenvalue weighted by molar-refractivity contribution is -0.146. The van der Waals surface area contributed by atoms with E-state index >= 15 is 0 Å². The SMILES string of the molecule is O=C(O)[C@H]1NCCO[C@H]1CCCB(O)O. The third-order valence-electron chi connectivity index (χ3n) is 2.39. The first-order valence-corrected chi connectivity index (χ1v) is 5.05. The second kappa shape index (κ2) is 6.07. The van der Waals surface area contributed by atoms with Gasteiger partial charge in [-0.15, -0.1) is 0 Å². The molecule has 0 aromatic carbocycles. The van der Waals surface area contributed by atoms with Gasteiger partial charge in [0.25, 0.3) is 0 Å². The van der Waals surface area contributed by atoms with Gasteiger partial charge in [-0.2, -0.15) is 0 Å². The summed E-state index contributed by atoms with van der Waals surface area (Å²) in [5.41, 5.74) is 0. The van der Waals surface area contributed by atoms with Crippen molar-refractivity contribution in [2.45, 2.75) is 31.3 Å². The minimum Gasteiger partial charge on any atom is -0.480 e. The number of carbonyl (C=O) groups is 1. The van der Waals surface area contributed by atoms with Crippen molar-refractivity contribution in [3.05, 3.63) is 0 Å². The van der Waals surface area contributed by atoms with Gasteiger partial charge >= 0.3 is 13.1 Å². The molecule has 1 rings (SSSR count). The Kier molecular flexibility index (Phi) is 5.03. The van der Waals surface area contributed by atoms with Crippen molar-refractivity contribution in [3.63, 3.8) is 0 Å². The average Bonchev–Trinajstić information content (AvgIpc) is 2.17. The summed E-state index contributed by atoms with van der Waals surface area (Å²) in [5, 5.41) is 29.0. The van der Waals surface area contributed by atoms with E-state index in [2.05, 4.69) is 5.32 Å². The van der Waals surface area contributed by atoms with Gasteiger partial charge in [-0.25, -0.2) is 0 Å². The molecule has 0 spiro atoms. The summed E-state index contributed by atoms with van der Waals surface area (Å²) in [6.45, 7) is 1.03. The van der Waals surface area contributed by atoms with Crippen molar-refractivity contribution in [3.8, 4) is 0 Å². The highest BCUT2D eigenvalue weighted by molar-refractivity contribution is 6.40. The Morgan fingerprint density at radius 3 is 2.87 bits per heavy atom. The highest BCUT2D eigenvalue weighted by Gasteiger charge is 2.31. The molecule has 6 nitrogen and oxygen atoms in total. The Morgan fingerprint density at radius 1 is 1.53 bits per heavy atom. The highest BCUT2D eigenvalue weighted by Crippen LogP contribution is 2.13. The predicted molar refractivity (Wildman–Crippen MR) is 53.4 cm³/mol. The lowest BCUT2D eigenvalue weighted by atomic mass is 9.83. The molecule has 1 fully saturated rings. The van der Waals surface area contributed by atoms with Crippen LogP contribution in [0.5, 0.6) is 0 Å². The van der Waals surface area contributed by atoms with Crippen molar-refractivity contribution in [2.75, 3.05) is 13.2 Å². The number of carboxylic acids is 1. The number of nitrogens with one attached hydrogen (secondary N) is 1. The van der Waals surface area contributed by atoms with Crippen LogP contribution in [0, 0.1) is 0 Å². The molecule has 0 unspecified atom stereocenters. The molecule has 0 aromatic rings. The van der Waals surface area contributed by atoms with E-state index in [0.29, 0.717) is 26.0 Å². The normalized spacial score (nSPS) is 26.3. The van der Waals surface area contributed by atoms with Crippen LogP contribution in [-0.2, 0) is 9.53 Å². The maximum atomic E-state index is 10.8. The summed E-state index contributed by atoms with van der Waals surface area (Å²) >= 11 is 0. The molecule has 0 radical (unpaired) electrons. The second-order valence-corrected chi connectivity index (χ2v) is 3.59. The number of carboxylic acid groups (broad SMARTS) is 1. The lowest BCUT2D eigenvalue weighted by Gasteiger charge is -2.29. The quantitative estimate of drug-likeness (QED) is 0.426. The molecule has 1 saturated heterocycles. The number of ether oxygens (including phenoxy) is 1. The Balaban J connectivity index is 2.33. The van der Waals surface area contributed by atoms with Crippen molar-refractivity contribution < 1.29 is 24.7 Å². The third kappa shape index (κ3) is 4.17. The van der Waals surface area contributed by atoms with Crippen LogP contribution in [0.4, 0.5) is 0 Å². The van der Waals surface area contributed by atoms with Crippen LogP contribution in [0.1, 0.15) is 12.8 Å². The van der Waals surface area contributed by atoms with Gasteiger partial charge < -0.3 is 19.9 Å². The fourth-order valence-corrected chi connectivity index (χ4v) is 1.65. The van der Waals surface area contributed by atoms with Gasteiger partial charge in [-0.1, -0.05) is 6.42 Å². The summed E-state index contributed by atoms with van der Waals surface area (Å²) < 4.78 is 5.33. The number of hydrogen-bond acceptors (Lipinski definition) is 5. The molecule has 1 aliphatic rings. The third-order valence-corrected chi connectivity index (χ3v) is 2.39. The van der Waals surface area contributed by atoms with Gasteiger partial charge in [0, 0.05) is 6.54 Å². The van der Waals surface area contributed by atoms with E-state index in [0.717, 1.165) is 0 Å². The molecule has 0 aliphatic carbocycles. The van der Waals surface area contributed by atoms with Crippen LogP contribution >= 0.6 is 0 Å². The Bertz CT molecular complexity index is 213. The van der Waals surface area contributed by atoms with Crippen LogP contribution in [0.2, 0.25) is 6.32 Å². The molecule has 0 amide bonds. The van der Waals surface area contributed by atoms with Crippen LogP contribution < -0.4 is 5.32 Å². The van der Waals surface area contributed by atoms with Crippen LogP contribution in [0.3, 0.4) is 0 Å². The fourth-order valence-electron chi connectivity index (χ4n) is 1.65. The summed E-state index contributed by atoms with van der Waals surface area (Å²) in [5.74, 6) is -0.927. The van der Waals surface area contributed by atoms with Crippen molar-refractivity contribution in [1.82, 2.24) is 5.32 Å². The van der Waals surface area contributed by atoms with Gasteiger partial charge in [-0.05, 0) is 12.7 Å². The number of morpholine rings is 1. The van der Waals surface area contributed by atoms with Gasteiger partial charge in [0.2, 0.25) is 0 Å². The Labute approximate surface area is 88.4 Å². The molecular weight excluding hydrogens is 201 g/mol. The molecule has 2 atom stereocenters. The second-order valence-electron chi connectivity index (χ2n) is 3.59. The smallest absolute Gasteiger partial charge is 0.451 e. The molecular formula is C8H16BNO5. The van der Waals surface area contributed by atoms with E-state index < -0.39 is 19.1 Å². The number of hydrogen-bond donors (Lipinski definition) is 4. The van der Waals surface area contributed by atoms with E-state index in [1.54, 1.807) is 0 Å². The van der Waals surface area contributed by atoms with E-state index in [1.165, 1.54) is 0 Å². The molecule has 4 N–H and O–H groups in total. The number of aliphatic carboxylic acids is 1. The van der Waals surface area contributed by atoms with Gasteiger partial charge in [0.1, 0.15) is 6.04 Å². The molecule has 15 heavy (non-hydrogen) atoms. The Hall–Kier alpha value is -0.625. The van der Waals surface area contributed by atoms with E-state index in [4.69, 9.17) is 19.9 Å². The first kappa shape index (κ1) is 12.4. The Morgan fingerprint density at radius 2 is 2.27 bits per heavy atom. The van der Waals surface area contributed by atoms with Crippen LogP contribution in [0.25, 0.3) is 0 Å². The van der Waals surface area contributed by atoms with Gasteiger partial charge in [0.05, 0.1) is 12.7 Å². The van der Waals surface area contributed by atoms with Crippen molar-refractivity contribution >= 4 is 13.1 Å². The monoisotopic (exact) mass is 217 g/mol. The number of rotatable bonds is 5. The van der Waals surface area contributed by atoms with Gasteiger partial charge in [0.15, 0.2) is 0 Å². The largest absolute Gasteiger partial charge is 0.480 e. The van der Waals surface area contributed by atoms with Crippen molar-refractivity contribution in [1.29, 1.82) is 0 Å².